The normalized spacial score (nSPS) is 15.4. The highest BCUT2D eigenvalue weighted by Crippen LogP contribution is 2.41. The Labute approximate surface area is 190 Å². The Balaban J connectivity index is 1.45. The summed E-state index contributed by atoms with van der Waals surface area (Å²) in [5.41, 5.74) is 1.82. The van der Waals surface area contributed by atoms with Crippen LogP contribution in [0.5, 0.6) is 0 Å². The first kappa shape index (κ1) is 20.3. The van der Waals surface area contributed by atoms with E-state index in [-0.39, 0.29) is 5.25 Å². The maximum absolute atomic E-state index is 6.49. The standard InChI is InChI=1S/C23H22ClN5OS/c1-15(21-26-27-22(30-21)16-9-3-2-4-10-16)31-23-28-25-20(18-13-7-8-14-19(18)24)29(23)17-11-5-6-12-17/h2-4,7-10,13-15,17H,5-6,11-12H2,1H3/t15-/m0/s1. The fourth-order valence-electron chi connectivity index (χ4n) is 3.98. The second kappa shape index (κ2) is 8.85. The van der Waals surface area contributed by atoms with Crippen molar-refractivity contribution in [2.45, 2.75) is 49.1 Å². The fraction of sp³-hybridized carbons (Fsp3) is 0.304. The molecule has 0 unspecified atom stereocenters. The van der Waals surface area contributed by atoms with E-state index in [1.807, 2.05) is 54.6 Å². The lowest BCUT2D eigenvalue weighted by molar-refractivity contribution is 0.482. The molecule has 0 radical (unpaired) electrons. The molecule has 1 saturated carbocycles. The van der Waals surface area contributed by atoms with Crippen LogP contribution in [0.1, 0.15) is 49.8 Å². The van der Waals surface area contributed by atoms with Crippen LogP contribution >= 0.6 is 23.4 Å². The number of halogens is 1. The maximum atomic E-state index is 6.49. The third kappa shape index (κ3) is 4.12. The minimum Gasteiger partial charge on any atom is -0.419 e. The van der Waals surface area contributed by atoms with E-state index in [4.69, 9.17) is 16.0 Å². The average molecular weight is 452 g/mol. The van der Waals surface area contributed by atoms with Crippen LogP contribution in [-0.4, -0.2) is 25.0 Å². The summed E-state index contributed by atoms with van der Waals surface area (Å²) in [5.74, 6) is 1.92. The summed E-state index contributed by atoms with van der Waals surface area (Å²) < 4.78 is 8.21. The molecule has 0 N–H and O–H groups in total. The monoisotopic (exact) mass is 451 g/mol. The van der Waals surface area contributed by atoms with Crippen molar-refractivity contribution in [2.24, 2.45) is 0 Å². The highest BCUT2D eigenvalue weighted by atomic mass is 35.5. The molecular weight excluding hydrogens is 430 g/mol. The zero-order chi connectivity index (χ0) is 21.2. The minimum atomic E-state index is -0.0617. The van der Waals surface area contributed by atoms with Crippen LogP contribution < -0.4 is 0 Å². The molecule has 8 heteroatoms. The number of benzene rings is 2. The lowest BCUT2D eigenvalue weighted by Crippen LogP contribution is -2.09. The molecule has 1 aliphatic rings. The van der Waals surface area contributed by atoms with E-state index in [0.717, 1.165) is 34.9 Å². The summed E-state index contributed by atoms with van der Waals surface area (Å²) >= 11 is 8.08. The molecule has 2 aromatic heterocycles. The zero-order valence-corrected chi connectivity index (χ0v) is 18.7. The van der Waals surface area contributed by atoms with Crippen molar-refractivity contribution in [3.63, 3.8) is 0 Å². The molecule has 0 saturated heterocycles. The van der Waals surface area contributed by atoms with Gasteiger partial charge in [-0.15, -0.1) is 20.4 Å². The lowest BCUT2D eigenvalue weighted by atomic mass is 10.2. The molecule has 0 aliphatic heterocycles. The molecule has 2 heterocycles. The van der Waals surface area contributed by atoms with Crippen LogP contribution in [0.15, 0.2) is 64.2 Å². The lowest BCUT2D eigenvalue weighted by Gasteiger charge is -2.18. The number of aromatic nitrogens is 5. The molecular formula is C23H22ClN5OS. The van der Waals surface area contributed by atoms with Gasteiger partial charge in [-0.05, 0) is 44.0 Å². The van der Waals surface area contributed by atoms with Crippen molar-refractivity contribution in [1.82, 2.24) is 25.0 Å². The summed E-state index contributed by atoms with van der Waals surface area (Å²) in [5, 5.41) is 19.0. The van der Waals surface area contributed by atoms with E-state index in [9.17, 15) is 0 Å². The molecule has 0 amide bonds. The molecule has 4 aromatic rings. The number of hydrogen-bond acceptors (Lipinski definition) is 6. The van der Waals surface area contributed by atoms with Crippen molar-refractivity contribution in [2.75, 3.05) is 0 Å². The van der Waals surface area contributed by atoms with Crippen LogP contribution in [0, 0.1) is 0 Å². The molecule has 158 valence electrons. The highest BCUT2D eigenvalue weighted by molar-refractivity contribution is 7.99. The van der Waals surface area contributed by atoms with Gasteiger partial charge in [0.2, 0.25) is 11.8 Å². The van der Waals surface area contributed by atoms with Crippen LogP contribution in [0.2, 0.25) is 5.02 Å². The molecule has 1 atom stereocenters. The Morgan fingerprint density at radius 2 is 1.71 bits per heavy atom. The largest absolute Gasteiger partial charge is 0.419 e. The van der Waals surface area contributed by atoms with Crippen molar-refractivity contribution < 1.29 is 4.42 Å². The van der Waals surface area contributed by atoms with Gasteiger partial charge in [-0.25, -0.2) is 0 Å². The van der Waals surface area contributed by atoms with E-state index < -0.39 is 0 Å². The number of hydrogen-bond donors (Lipinski definition) is 0. The van der Waals surface area contributed by atoms with Gasteiger partial charge in [0, 0.05) is 17.2 Å². The Bertz CT molecular complexity index is 1170. The van der Waals surface area contributed by atoms with Crippen LogP contribution in [-0.2, 0) is 0 Å². The van der Waals surface area contributed by atoms with Crippen molar-refractivity contribution in [3.05, 3.63) is 65.5 Å². The molecule has 5 rings (SSSR count). The van der Waals surface area contributed by atoms with Crippen LogP contribution in [0.4, 0.5) is 0 Å². The second-order valence-electron chi connectivity index (χ2n) is 7.67. The molecule has 1 aliphatic carbocycles. The van der Waals surface area contributed by atoms with E-state index in [0.29, 0.717) is 22.8 Å². The van der Waals surface area contributed by atoms with Gasteiger partial charge in [0.25, 0.3) is 0 Å². The average Bonchev–Trinajstić information content (AvgIpc) is 3.55. The first-order chi connectivity index (χ1) is 15.2. The first-order valence-electron chi connectivity index (χ1n) is 10.5. The number of nitrogens with zero attached hydrogens (tertiary/aromatic N) is 5. The van der Waals surface area contributed by atoms with Crippen molar-refractivity contribution in [3.8, 4) is 22.8 Å². The maximum Gasteiger partial charge on any atom is 0.247 e. The van der Waals surface area contributed by atoms with E-state index in [2.05, 4.69) is 31.9 Å². The van der Waals surface area contributed by atoms with Gasteiger partial charge < -0.3 is 4.42 Å². The van der Waals surface area contributed by atoms with Gasteiger partial charge in [-0.3, -0.25) is 4.57 Å². The molecule has 0 bridgehead atoms. The van der Waals surface area contributed by atoms with Gasteiger partial charge in [-0.1, -0.05) is 66.5 Å². The Morgan fingerprint density at radius 1 is 0.968 bits per heavy atom. The third-order valence-electron chi connectivity index (χ3n) is 5.56. The Morgan fingerprint density at radius 3 is 2.48 bits per heavy atom. The summed E-state index contributed by atoms with van der Waals surface area (Å²) in [7, 11) is 0. The summed E-state index contributed by atoms with van der Waals surface area (Å²) in [4.78, 5) is 0. The van der Waals surface area contributed by atoms with Gasteiger partial charge in [0.05, 0.1) is 10.3 Å². The van der Waals surface area contributed by atoms with Gasteiger partial charge in [-0.2, -0.15) is 0 Å². The van der Waals surface area contributed by atoms with Crippen molar-refractivity contribution >= 4 is 23.4 Å². The Kier molecular flexibility index (Phi) is 5.78. The van der Waals surface area contributed by atoms with Gasteiger partial charge >= 0.3 is 0 Å². The highest BCUT2D eigenvalue weighted by Gasteiger charge is 2.28. The third-order valence-corrected chi connectivity index (χ3v) is 6.93. The van der Waals surface area contributed by atoms with Crippen molar-refractivity contribution in [1.29, 1.82) is 0 Å². The quantitative estimate of drug-likeness (QED) is 0.307. The first-order valence-corrected chi connectivity index (χ1v) is 11.7. The zero-order valence-electron chi connectivity index (χ0n) is 17.1. The Hall–Kier alpha value is -2.64. The van der Waals surface area contributed by atoms with Gasteiger partial charge in [0.15, 0.2) is 11.0 Å². The predicted octanol–water partition coefficient (Wildman–Crippen LogP) is 6.62. The van der Waals surface area contributed by atoms with Crippen LogP contribution in [0.25, 0.3) is 22.8 Å². The minimum absolute atomic E-state index is 0.0617. The van der Waals surface area contributed by atoms with Crippen LogP contribution in [0.3, 0.4) is 0 Å². The summed E-state index contributed by atoms with van der Waals surface area (Å²) in [6, 6.07) is 18.0. The molecule has 2 aromatic carbocycles. The predicted molar refractivity (Wildman–Crippen MR) is 122 cm³/mol. The topological polar surface area (TPSA) is 69.6 Å². The number of rotatable bonds is 6. The van der Waals surface area contributed by atoms with E-state index in [1.54, 1.807) is 11.8 Å². The fourth-order valence-corrected chi connectivity index (χ4v) is 5.15. The second-order valence-corrected chi connectivity index (χ2v) is 9.38. The van der Waals surface area contributed by atoms with Gasteiger partial charge in [0.1, 0.15) is 0 Å². The summed E-state index contributed by atoms with van der Waals surface area (Å²) in [6.07, 6.45) is 4.68. The molecule has 0 spiro atoms. The molecule has 1 fully saturated rings. The SMILES string of the molecule is C[C@H](Sc1nnc(-c2ccccc2Cl)n1C1CCCC1)c1nnc(-c2ccccc2)o1. The number of thioether (sulfide) groups is 1. The van der Waals surface area contributed by atoms with E-state index >= 15 is 0 Å². The molecule has 31 heavy (non-hydrogen) atoms. The summed E-state index contributed by atoms with van der Waals surface area (Å²) in [6.45, 7) is 2.05. The smallest absolute Gasteiger partial charge is 0.247 e. The van der Waals surface area contributed by atoms with E-state index in [1.165, 1.54) is 12.8 Å². The molecule has 6 nitrogen and oxygen atoms in total.